The lowest BCUT2D eigenvalue weighted by Crippen LogP contribution is -2.42. The van der Waals surface area contributed by atoms with Crippen LogP contribution in [0.1, 0.15) is 17.5 Å². The van der Waals surface area contributed by atoms with E-state index in [4.69, 9.17) is 0 Å². The van der Waals surface area contributed by atoms with Gasteiger partial charge in [-0.25, -0.2) is 4.79 Å². The molecule has 0 aliphatic carbocycles. The predicted molar refractivity (Wildman–Crippen MR) is 97.2 cm³/mol. The molecule has 0 spiro atoms. The molecule has 0 fully saturated rings. The monoisotopic (exact) mass is 423 g/mol. The van der Waals surface area contributed by atoms with E-state index in [2.05, 4.69) is 27.9 Å². The van der Waals surface area contributed by atoms with Gasteiger partial charge in [0.15, 0.2) is 0 Å². The molecule has 0 aromatic heterocycles. The topological polar surface area (TPSA) is 66.4 Å². The minimum Gasteiger partial charge on any atom is -0.480 e. The Morgan fingerprint density at radius 2 is 1.74 bits per heavy atom. The van der Waals surface area contributed by atoms with Crippen LogP contribution in [-0.4, -0.2) is 23.0 Å². The Morgan fingerprint density at radius 1 is 1.04 bits per heavy atom. The summed E-state index contributed by atoms with van der Waals surface area (Å²) in [7, 11) is 0. The predicted octanol–water partition coefficient (Wildman–Crippen LogP) is 3.04. The molecule has 0 saturated heterocycles. The van der Waals surface area contributed by atoms with Gasteiger partial charge in [0.05, 0.1) is 0 Å². The number of carbonyl (C=O) groups excluding carboxylic acids is 1. The van der Waals surface area contributed by atoms with Gasteiger partial charge in [-0.2, -0.15) is 0 Å². The molecule has 0 unspecified atom stereocenters. The summed E-state index contributed by atoms with van der Waals surface area (Å²) in [5.41, 5.74) is 1.96. The molecule has 0 bridgehead atoms. The van der Waals surface area contributed by atoms with Crippen LogP contribution in [0.3, 0.4) is 0 Å². The number of carboxylic acid groups (broad SMARTS) is 1. The first kappa shape index (κ1) is 17.5. The SMILES string of the molecule is O=C(CCc1ccccc1)N[C@H](Cc1cccc(I)c1)C(=O)O. The number of rotatable bonds is 7. The lowest BCUT2D eigenvalue weighted by molar-refractivity contribution is -0.141. The Hall–Kier alpha value is -1.89. The van der Waals surface area contributed by atoms with E-state index in [9.17, 15) is 14.7 Å². The molecule has 23 heavy (non-hydrogen) atoms. The van der Waals surface area contributed by atoms with Crippen molar-refractivity contribution in [2.45, 2.75) is 25.3 Å². The quantitative estimate of drug-likeness (QED) is 0.673. The van der Waals surface area contributed by atoms with Crippen molar-refractivity contribution in [2.24, 2.45) is 0 Å². The number of hydrogen-bond acceptors (Lipinski definition) is 2. The van der Waals surface area contributed by atoms with Crippen molar-refractivity contribution in [3.8, 4) is 0 Å². The Balaban J connectivity index is 1.91. The Labute approximate surface area is 149 Å². The molecule has 4 nitrogen and oxygen atoms in total. The average molecular weight is 423 g/mol. The minimum atomic E-state index is -1.02. The molecule has 1 amide bonds. The zero-order valence-electron chi connectivity index (χ0n) is 12.5. The number of hydrogen-bond donors (Lipinski definition) is 2. The van der Waals surface area contributed by atoms with Crippen LogP contribution in [0.15, 0.2) is 54.6 Å². The Bertz CT molecular complexity index is 673. The van der Waals surface area contributed by atoms with Gasteiger partial charge in [-0.1, -0.05) is 42.5 Å². The van der Waals surface area contributed by atoms with Gasteiger partial charge in [0.2, 0.25) is 5.91 Å². The maximum atomic E-state index is 12.0. The second-order valence-corrected chi connectivity index (χ2v) is 6.52. The van der Waals surface area contributed by atoms with E-state index in [1.165, 1.54) is 0 Å². The van der Waals surface area contributed by atoms with Gasteiger partial charge in [0, 0.05) is 16.4 Å². The van der Waals surface area contributed by atoms with Gasteiger partial charge in [-0.3, -0.25) is 4.79 Å². The lowest BCUT2D eigenvalue weighted by atomic mass is 10.1. The molecular weight excluding hydrogens is 405 g/mol. The number of carboxylic acids is 1. The molecule has 1 atom stereocenters. The highest BCUT2D eigenvalue weighted by atomic mass is 127. The number of carbonyl (C=O) groups is 2. The highest BCUT2D eigenvalue weighted by molar-refractivity contribution is 14.1. The molecule has 0 heterocycles. The molecule has 2 aromatic rings. The second-order valence-electron chi connectivity index (χ2n) is 5.28. The van der Waals surface area contributed by atoms with Gasteiger partial charge < -0.3 is 10.4 Å². The fourth-order valence-corrected chi connectivity index (χ4v) is 2.88. The van der Waals surface area contributed by atoms with Crippen molar-refractivity contribution in [3.05, 3.63) is 69.3 Å². The van der Waals surface area contributed by atoms with Gasteiger partial charge in [0.25, 0.3) is 0 Å². The van der Waals surface area contributed by atoms with Gasteiger partial charge in [-0.05, 0) is 52.3 Å². The second kappa shape index (κ2) is 8.67. The van der Waals surface area contributed by atoms with E-state index in [1.807, 2.05) is 54.6 Å². The van der Waals surface area contributed by atoms with Crippen molar-refractivity contribution >= 4 is 34.5 Å². The molecule has 0 aliphatic rings. The first-order valence-electron chi connectivity index (χ1n) is 7.35. The Morgan fingerprint density at radius 3 is 2.39 bits per heavy atom. The summed E-state index contributed by atoms with van der Waals surface area (Å²) in [6.07, 6.45) is 1.16. The van der Waals surface area contributed by atoms with Gasteiger partial charge in [-0.15, -0.1) is 0 Å². The molecule has 2 N–H and O–H groups in total. The molecule has 2 rings (SSSR count). The minimum absolute atomic E-state index is 0.244. The fraction of sp³-hybridized carbons (Fsp3) is 0.222. The summed E-state index contributed by atoms with van der Waals surface area (Å²) in [5.74, 6) is -1.26. The standard InChI is InChI=1S/C18H18INO3/c19-15-8-4-7-14(11-15)12-16(18(22)23)20-17(21)10-9-13-5-2-1-3-6-13/h1-8,11,16H,9-10,12H2,(H,20,21)(H,22,23)/t16-/m1/s1. The summed E-state index contributed by atoms with van der Waals surface area (Å²) in [6.45, 7) is 0. The molecular formula is C18H18INO3. The number of aliphatic carboxylic acids is 1. The summed E-state index contributed by atoms with van der Waals surface area (Å²) in [5, 5.41) is 11.9. The first-order chi connectivity index (χ1) is 11.0. The lowest BCUT2D eigenvalue weighted by Gasteiger charge is -2.15. The molecule has 0 aliphatic heterocycles. The zero-order chi connectivity index (χ0) is 16.7. The van der Waals surface area contributed by atoms with Crippen molar-refractivity contribution < 1.29 is 14.7 Å². The van der Waals surface area contributed by atoms with Crippen molar-refractivity contribution in [3.63, 3.8) is 0 Å². The number of benzene rings is 2. The van der Waals surface area contributed by atoms with Crippen LogP contribution < -0.4 is 5.32 Å². The summed E-state index contributed by atoms with van der Waals surface area (Å²) < 4.78 is 1.04. The van der Waals surface area contributed by atoms with Crippen molar-refractivity contribution in [2.75, 3.05) is 0 Å². The van der Waals surface area contributed by atoms with Crippen molar-refractivity contribution in [1.29, 1.82) is 0 Å². The molecule has 2 aromatic carbocycles. The third kappa shape index (κ3) is 6.02. The highest BCUT2D eigenvalue weighted by Gasteiger charge is 2.20. The van der Waals surface area contributed by atoms with Crippen LogP contribution in [0, 0.1) is 3.57 Å². The third-order valence-corrected chi connectivity index (χ3v) is 4.12. The summed E-state index contributed by atoms with van der Waals surface area (Å²) in [4.78, 5) is 23.4. The largest absolute Gasteiger partial charge is 0.480 e. The van der Waals surface area contributed by atoms with E-state index in [-0.39, 0.29) is 18.7 Å². The van der Waals surface area contributed by atoms with Crippen LogP contribution in [0.25, 0.3) is 0 Å². The van der Waals surface area contributed by atoms with Gasteiger partial charge in [0.1, 0.15) is 6.04 Å². The maximum absolute atomic E-state index is 12.0. The number of amides is 1. The van der Waals surface area contributed by atoms with Crippen LogP contribution in [0.4, 0.5) is 0 Å². The van der Waals surface area contributed by atoms with Crippen LogP contribution in [-0.2, 0) is 22.4 Å². The fourth-order valence-electron chi connectivity index (χ4n) is 2.27. The van der Waals surface area contributed by atoms with Crippen LogP contribution in [0.5, 0.6) is 0 Å². The number of halogens is 1. The third-order valence-electron chi connectivity index (χ3n) is 3.45. The number of aryl methyl sites for hydroxylation is 1. The van der Waals surface area contributed by atoms with Crippen molar-refractivity contribution in [1.82, 2.24) is 5.32 Å². The Kier molecular flexibility index (Phi) is 6.58. The molecule has 0 radical (unpaired) electrons. The average Bonchev–Trinajstić information content (AvgIpc) is 2.53. The zero-order valence-corrected chi connectivity index (χ0v) is 14.7. The van der Waals surface area contributed by atoms with E-state index < -0.39 is 12.0 Å². The van der Waals surface area contributed by atoms with Crippen LogP contribution >= 0.6 is 22.6 Å². The van der Waals surface area contributed by atoms with Crippen LogP contribution in [0.2, 0.25) is 0 Å². The molecule has 0 saturated carbocycles. The molecule has 120 valence electrons. The maximum Gasteiger partial charge on any atom is 0.326 e. The van der Waals surface area contributed by atoms with E-state index in [0.717, 1.165) is 14.7 Å². The highest BCUT2D eigenvalue weighted by Crippen LogP contribution is 2.10. The summed E-state index contributed by atoms with van der Waals surface area (Å²) >= 11 is 2.18. The molecule has 5 heteroatoms. The smallest absolute Gasteiger partial charge is 0.326 e. The van der Waals surface area contributed by atoms with Gasteiger partial charge >= 0.3 is 5.97 Å². The normalized spacial score (nSPS) is 11.7. The van der Waals surface area contributed by atoms with E-state index in [1.54, 1.807) is 0 Å². The van der Waals surface area contributed by atoms with E-state index in [0.29, 0.717) is 6.42 Å². The van der Waals surface area contributed by atoms with E-state index >= 15 is 0 Å². The summed E-state index contributed by atoms with van der Waals surface area (Å²) in [6, 6.07) is 16.4. The first-order valence-corrected chi connectivity index (χ1v) is 8.43. The number of nitrogens with one attached hydrogen (secondary N) is 1.